The van der Waals surface area contributed by atoms with E-state index in [0.29, 0.717) is 30.4 Å². The largest absolute Gasteiger partial charge is 0.447 e. The van der Waals surface area contributed by atoms with Gasteiger partial charge in [-0.15, -0.1) is 0 Å². The van der Waals surface area contributed by atoms with Crippen molar-refractivity contribution in [2.75, 3.05) is 45.5 Å². The molecule has 2 aromatic rings. The zero-order valence-corrected chi connectivity index (χ0v) is 24.6. The minimum Gasteiger partial charge on any atom is -0.447 e. The summed E-state index contributed by atoms with van der Waals surface area (Å²) in [6, 6.07) is 17.3. The van der Waals surface area contributed by atoms with E-state index in [1.54, 1.807) is 12.1 Å². The number of rotatable bonds is 7. The van der Waals surface area contributed by atoms with Crippen LogP contribution in [0, 0.1) is 11.3 Å². The molecule has 3 fully saturated rings. The fraction of sp³-hybridized carbons (Fsp3) is 0.548. The Kier molecular flexibility index (Phi) is 8.25. The number of likely N-dealkylation sites (tertiary alicyclic amines) is 3. The summed E-state index contributed by atoms with van der Waals surface area (Å²) in [6.07, 6.45) is 3.38. The first-order valence-corrected chi connectivity index (χ1v) is 16.2. The van der Waals surface area contributed by atoms with Crippen LogP contribution >= 0.6 is 0 Å². The lowest BCUT2D eigenvalue weighted by atomic mass is 9.76. The van der Waals surface area contributed by atoms with Crippen molar-refractivity contribution < 1.29 is 22.7 Å². The number of piperidine rings is 1. The highest BCUT2D eigenvalue weighted by Crippen LogP contribution is 2.43. The van der Waals surface area contributed by atoms with Gasteiger partial charge in [-0.05, 0) is 75.4 Å². The summed E-state index contributed by atoms with van der Waals surface area (Å²) in [5, 5.41) is 0. The van der Waals surface area contributed by atoms with E-state index in [-0.39, 0.29) is 29.4 Å². The Morgan fingerprint density at radius 2 is 1.62 bits per heavy atom. The van der Waals surface area contributed by atoms with E-state index in [1.165, 1.54) is 11.8 Å². The van der Waals surface area contributed by atoms with Crippen LogP contribution in [-0.2, 0) is 25.9 Å². The number of carbonyl (C=O) groups is 2. The third-order valence-electron chi connectivity index (χ3n) is 8.90. The maximum atomic E-state index is 13.6. The highest BCUT2D eigenvalue weighted by Gasteiger charge is 2.48. The number of benzene rings is 2. The number of hydrogen-bond acceptors (Lipinski definition) is 6. The Labute approximate surface area is 238 Å². The molecule has 2 aromatic carbocycles. The third-order valence-corrected chi connectivity index (χ3v) is 10.0. The summed E-state index contributed by atoms with van der Waals surface area (Å²) in [5.74, 6) is 0.793. The molecule has 1 spiro atoms. The maximum Gasteiger partial charge on any atom is 0.410 e. The standard InChI is InChI=1S/C31H41N3O5S/c1-23(2)39-30(36)34-21-26(28(22-34)25-7-5-4-6-8-25)20-32-16-13-31(14-17-32)15-18-33(29(31)35)19-24-9-11-27(12-10-24)40(3,37)38/h4-12,23,26,28H,13-22H2,1-3H3/t26-,28?/m0/s1. The number of nitrogens with zero attached hydrogens (tertiary/aromatic N) is 3. The van der Waals surface area contributed by atoms with Gasteiger partial charge in [0.15, 0.2) is 9.84 Å². The van der Waals surface area contributed by atoms with Crippen LogP contribution < -0.4 is 0 Å². The number of hydrogen-bond donors (Lipinski definition) is 0. The van der Waals surface area contributed by atoms with E-state index in [9.17, 15) is 18.0 Å². The van der Waals surface area contributed by atoms with Crippen LogP contribution in [0.25, 0.3) is 0 Å². The smallest absolute Gasteiger partial charge is 0.410 e. The van der Waals surface area contributed by atoms with E-state index >= 15 is 0 Å². The van der Waals surface area contributed by atoms with Crippen LogP contribution in [0.2, 0.25) is 0 Å². The molecule has 3 aliphatic rings. The summed E-state index contributed by atoms with van der Waals surface area (Å²) < 4.78 is 29.0. The maximum absolute atomic E-state index is 13.6. The van der Waals surface area contributed by atoms with Gasteiger partial charge in [-0.2, -0.15) is 0 Å². The summed E-state index contributed by atoms with van der Waals surface area (Å²) >= 11 is 0. The molecule has 2 amide bonds. The molecule has 9 heteroatoms. The molecule has 1 unspecified atom stereocenters. The number of sulfone groups is 1. The predicted octanol–water partition coefficient (Wildman–Crippen LogP) is 4.17. The highest BCUT2D eigenvalue weighted by atomic mass is 32.2. The fourth-order valence-electron chi connectivity index (χ4n) is 6.62. The van der Waals surface area contributed by atoms with E-state index < -0.39 is 9.84 Å². The molecule has 3 heterocycles. The van der Waals surface area contributed by atoms with Gasteiger partial charge in [0.1, 0.15) is 0 Å². The third kappa shape index (κ3) is 6.20. The van der Waals surface area contributed by atoms with Crippen LogP contribution in [0.3, 0.4) is 0 Å². The first-order valence-electron chi connectivity index (χ1n) is 14.4. The molecule has 2 atom stereocenters. The SMILES string of the molecule is CC(C)OC(=O)N1CC(c2ccccc2)[C@@H](CN2CCC3(CC2)CCN(Cc2ccc(S(C)(=O)=O)cc2)C3=O)C1. The van der Waals surface area contributed by atoms with Gasteiger partial charge in [0.25, 0.3) is 0 Å². The van der Waals surface area contributed by atoms with Gasteiger partial charge >= 0.3 is 6.09 Å². The topological polar surface area (TPSA) is 87.2 Å². The average Bonchev–Trinajstić information content (AvgIpc) is 3.47. The van der Waals surface area contributed by atoms with Crippen molar-refractivity contribution in [3.05, 3.63) is 65.7 Å². The quantitative estimate of drug-likeness (QED) is 0.499. The van der Waals surface area contributed by atoms with Crippen LogP contribution in [0.1, 0.15) is 50.2 Å². The number of ether oxygens (including phenoxy) is 1. The van der Waals surface area contributed by atoms with Crippen LogP contribution in [0.4, 0.5) is 4.79 Å². The molecule has 216 valence electrons. The van der Waals surface area contributed by atoms with Crippen LogP contribution in [-0.4, -0.2) is 86.7 Å². The van der Waals surface area contributed by atoms with Gasteiger partial charge < -0.3 is 19.4 Å². The molecule has 5 rings (SSSR count). The number of carbonyl (C=O) groups excluding carboxylic acids is 2. The first-order chi connectivity index (χ1) is 19.0. The normalized spacial score (nSPS) is 23.4. The lowest BCUT2D eigenvalue weighted by Gasteiger charge is -2.39. The van der Waals surface area contributed by atoms with Gasteiger partial charge in [0, 0.05) is 44.9 Å². The van der Waals surface area contributed by atoms with Gasteiger partial charge in [-0.3, -0.25) is 4.79 Å². The molecule has 0 saturated carbocycles. The molecule has 0 aromatic heterocycles. The molecule has 40 heavy (non-hydrogen) atoms. The lowest BCUT2D eigenvalue weighted by Crippen LogP contribution is -2.46. The van der Waals surface area contributed by atoms with Crippen LogP contribution in [0.15, 0.2) is 59.5 Å². The Morgan fingerprint density at radius 3 is 2.25 bits per heavy atom. The molecule has 8 nitrogen and oxygen atoms in total. The zero-order chi connectivity index (χ0) is 28.5. The van der Waals surface area contributed by atoms with Gasteiger partial charge in [0.2, 0.25) is 5.91 Å². The van der Waals surface area contributed by atoms with Crippen molar-refractivity contribution in [3.8, 4) is 0 Å². The molecular weight excluding hydrogens is 526 g/mol. The lowest BCUT2D eigenvalue weighted by molar-refractivity contribution is -0.139. The van der Waals surface area contributed by atoms with Crippen molar-refractivity contribution in [1.82, 2.24) is 14.7 Å². The first kappa shape index (κ1) is 28.6. The molecule has 3 saturated heterocycles. The van der Waals surface area contributed by atoms with Crippen molar-refractivity contribution >= 4 is 21.8 Å². The summed E-state index contributed by atoms with van der Waals surface area (Å²) in [6.45, 7) is 8.98. The van der Waals surface area contributed by atoms with Crippen LogP contribution in [0.5, 0.6) is 0 Å². The molecule has 0 aliphatic carbocycles. The minimum absolute atomic E-state index is 0.143. The Bertz CT molecular complexity index is 1300. The van der Waals surface area contributed by atoms with E-state index in [0.717, 1.165) is 51.0 Å². The van der Waals surface area contributed by atoms with Crippen molar-refractivity contribution in [2.45, 2.75) is 56.6 Å². The second-order valence-corrected chi connectivity index (χ2v) is 14.1. The van der Waals surface area contributed by atoms with E-state index in [2.05, 4.69) is 29.2 Å². The molecule has 0 radical (unpaired) electrons. The molecular formula is C31H41N3O5S. The summed E-state index contributed by atoms with van der Waals surface area (Å²) in [4.78, 5) is 32.8. The molecule has 0 bridgehead atoms. The summed E-state index contributed by atoms with van der Waals surface area (Å²) in [5.41, 5.74) is 1.90. The van der Waals surface area contributed by atoms with Gasteiger partial charge in [-0.25, -0.2) is 13.2 Å². The predicted molar refractivity (Wildman–Crippen MR) is 154 cm³/mol. The van der Waals surface area contributed by atoms with Crippen molar-refractivity contribution in [2.24, 2.45) is 11.3 Å². The Hall–Kier alpha value is -2.91. The Balaban J connectivity index is 1.19. The van der Waals surface area contributed by atoms with E-state index in [1.807, 2.05) is 41.8 Å². The van der Waals surface area contributed by atoms with Crippen molar-refractivity contribution in [3.63, 3.8) is 0 Å². The van der Waals surface area contributed by atoms with Gasteiger partial charge in [-0.1, -0.05) is 42.5 Å². The average molecular weight is 568 g/mol. The summed E-state index contributed by atoms with van der Waals surface area (Å²) in [7, 11) is -3.24. The minimum atomic E-state index is -3.24. The fourth-order valence-corrected chi connectivity index (χ4v) is 7.26. The van der Waals surface area contributed by atoms with E-state index in [4.69, 9.17) is 4.74 Å². The monoisotopic (exact) mass is 567 g/mol. The number of amides is 2. The van der Waals surface area contributed by atoms with Crippen molar-refractivity contribution in [1.29, 1.82) is 0 Å². The zero-order valence-electron chi connectivity index (χ0n) is 23.8. The second kappa shape index (κ2) is 11.5. The Morgan fingerprint density at radius 1 is 0.975 bits per heavy atom. The highest BCUT2D eigenvalue weighted by molar-refractivity contribution is 7.90. The molecule has 0 N–H and O–H groups in total. The van der Waals surface area contributed by atoms with Gasteiger partial charge in [0.05, 0.1) is 16.4 Å². The molecule has 3 aliphatic heterocycles. The second-order valence-electron chi connectivity index (χ2n) is 12.1.